The van der Waals surface area contributed by atoms with E-state index in [1.165, 1.54) is 18.3 Å². The van der Waals surface area contributed by atoms with Gasteiger partial charge in [-0.25, -0.2) is 24.0 Å². The number of hydrazine groups is 1. The first-order valence-corrected chi connectivity index (χ1v) is 6.96. The quantitative estimate of drug-likeness (QED) is 0.525. The fourth-order valence-electron chi connectivity index (χ4n) is 1.66. The lowest BCUT2D eigenvalue weighted by molar-refractivity contribution is 0.538. The van der Waals surface area contributed by atoms with Crippen LogP contribution in [0.4, 0.5) is 5.82 Å². The molecule has 7 heteroatoms. The van der Waals surface area contributed by atoms with Crippen molar-refractivity contribution in [2.75, 3.05) is 5.43 Å². The molecule has 1 saturated carbocycles. The van der Waals surface area contributed by atoms with Gasteiger partial charge in [-0.3, -0.25) is 0 Å². The van der Waals surface area contributed by atoms with Crippen LogP contribution in [-0.2, 0) is 10.0 Å². The Bertz CT molecular complexity index is 499. The molecule has 1 aliphatic carbocycles. The fraction of sp³-hybridized carbons (Fsp3) is 0.500. The van der Waals surface area contributed by atoms with Gasteiger partial charge < -0.3 is 5.43 Å². The SMILES string of the molecule is CC(NS(=O)(=O)c1ccnc(NN)c1)C1CC1. The third-order valence-electron chi connectivity index (χ3n) is 2.86. The number of nitrogen functional groups attached to an aromatic ring is 1. The predicted molar refractivity (Wildman–Crippen MR) is 64.6 cm³/mol. The summed E-state index contributed by atoms with van der Waals surface area (Å²) in [7, 11) is -3.48. The van der Waals surface area contributed by atoms with Gasteiger partial charge in [0.1, 0.15) is 5.82 Å². The lowest BCUT2D eigenvalue weighted by Gasteiger charge is -2.13. The van der Waals surface area contributed by atoms with E-state index in [1.54, 1.807) is 0 Å². The molecule has 1 fully saturated rings. The van der Waals surface area contributed by atoms with E-state index >= 15 is 0 Å². The lowest BCUT2D eigenvalue weighted by Crippen LogP contribution is -2.34. The standard InChI is InChI=1S/C10H16N4O2S/c1-7(8-2-3-8)14-17(15,16)9-4-5-12-10(6-9)13-11/h4-8,14H,2-3,11H2,1H3,(H,12,13). The molecule has 0 aliphatic heterocycles. The van der Waals surface area contributed by atoms with Gasteiger partial charge in [-0.05, 0) is 31.7 Å². The Hall–Kier alpha value is -1.18. The molecule has 1 atom stereocenters. The van der Waals surface area contributed by atoms with Gasteiger partial charge in [0.05, 0.1) is 4.90 Å². The van der Waals surface area contributed by atoms with E-state index in [0.29, 0.717) is 11.7 Å². The average molecular weight is 256 g/mol. The molecule has 94 valence electrons. The Kier molecular flexibility index (Phi) is 3.32. The van der Waals surface area contributed by atoms with Crippen LogP contribution in [-0.4, -0.2) is 19.4 Å². The molecule has 0 aromatic carbocycles. The molecule has 6 nitrogen and oxygen atoms in total. The first-order valence-electron chi connectivity index (χ1n) is 5.48. The minimum Gasteiger partial charge on any atom is -0.308 e. The maximum Gasteiger partial charge on any atom is 0.241 e. The summed E-state index contributed by atoms with van der Waals surface area (Å²) in [5.41, 5.74) is 2.32. The van der Waals surface area contributed by atoms with Crippen LogP contribution in [0.3, 0.4) is 0 Å². The number of hydrogen-bond acceptors (Lipinski definition) is 5. The summed E-state index contributed by atoms with van der Waals surface area (Å²) in [6.07, 6.45) is 3.59. The first kappa shape index (κ1) is 12.3. The highest BCUT2D eigenvalue weighted by Gasteiger charge is 2.31. The highest BCUT2D eigenvalue weighted by atomic mass is 32.2. The Labute approximate surface area is 101 Å². The van der Waals surface area contributed by atoms with Crippen LogP contribution < -0.4 is 16.0 Å². The summed E-state index contributed by atoms with van der Waals surface area (Å²) < 4.78 is 26.7. The molecular weight excluding hydrogens is 240 g/mol. The molecule has 1 heterocycles. The molecule has 2 rings (SSSR count). The van der Waals surface area contributed by atoms with Crippen molar-refractivity contribution in [1.29, 1.82) is 0 Å². The topological polar surface area (TPSA) is 97.1 Å². The van der Waals surface area contributed by atoms with Crippen molar-refractivity contribution in [2.24, 2.45) is 11.8 Å². The molecule has 4 N–H and O–H groups in total. The number of anilines is 1. The van der Waals surface area contributed by atoms with Gasteiger partial charge in [0.2, 0.25) is 10.0 Å². The number of nitrogens with zero attached hydrogens (tertiary/aromatic N) is 1. The third-order valence-corrected chi connectivity index (χ3v) is 4.42. The minimum atomic E-state index is -3.48. The zero-order chi connectivity index (χ0) is 12.5. The Morgan fingerprint density at radius 1 is 1.53 bits per heavy atom. The number of pyridine rings is 1. The van der Waals surface area contributed by atoms with Crippen LogP contribution >= 0.6 is 0 Å². The molecule has 1 aliphatic rings. The summed E-state index contributed by atoms with van der Waals surface area (Å²) in [6.45, 7) is 1.89. The Balaban J connectivity index is 2.18. The first-order chi connectivity index (χ1) is 8.03. The zero-order valence-electron chi connectivity index (χ0n) is 9.55. The van der Waals surface area contributed by atoms with Crippen LogP contribution in [0.5, 0.6) is 0 Å². The van der Waals surface area contributed by atoms with E-state index in [1.807, 2.05) is 6.92 Å². The summed E-state index contributed by atoms with van der Waals surface area (Å²) in [4.78, 5) is 4.04. The van der Waals surface area contributed by atoms with Gasteiger partial charge in [0.15, 0.2) is 0 Å². The number of aromatic nitrogens is 1. The van der Waals surface area contributed by atoms with Gasteiger partial charge >= 0.3 is 0 Å². The van der Waals surface area contributed by atoms with Crippen LogP contribution in [0, 0.1) is 5.92 Å². The monoisotopic (exact) mass is 256 g/mol. The van der Waals surface area contributed by atoms with Crippen molar-refractivity contribution < 1.29 is 8.42 Å². The number of nitrogens with two attached hydrogens (primary N) is 1. The fourth-order valence-corrected chi connectivity index (χ4v) is 2.99. The summed E-state index contributed by atoms with van der Waals surface area (Å²) in [6, 6.07) is 2.83. The largest absolute Gasteiger partial charge is 0.308 e. The van der Waals surface area contributed by atoms with Gasteiger partial charge in [-0.1, -0.05) is 0 Å². The van der Waals surface area contributed by atoms with Crippen LogP contribution in [0.1, 0.15) is 19.8 Å². The molecule has 0 saturated heterocycles. The molecular formula is C10H16N4O2S. The van der Waals surface area contributed by atoms with E-state index in [-0.39, 0.29) is 10.9 Å². The molecule has 0 amide bonds. The summed E-state index contributed by atoms with van der Waals surface area (Å²) >= 11 is 0. The van der Waals surface area contributed by atoms with Gasteiger partial charge in [-0.2, -0.15) is 0 Å². The zero-order valence-corrected chi connectivity index (χ0v) is 10.4. The van der Waals surface area contributed by atoms with Gasteiger partial charge in [0, 0.05) is 18.3 Å². The number of nitrogens with one attached hydrogen (secondary N) is 2. The predicted octanol–water partition coefficient (Wildman–Crippen LogP) is 0.444. The van der Waals surface area contributed by atoms with Gasteiger partial charge in [-0.15, -0.1) is 0 Å². The van der Waals surface area contributed by atoms with Crippen LogP contribution in [0.15, 0.2) is 23.2 Å². The second-order valence-electron chi connectivity index (χ2n) is 4.27. The number of rotatable bonds is 5. The van der Waals surface area contributed by atoms with E-state index in [2.05, 4.69) is 15.1 Å². The second kappa shape index (κ2) is 4.59. The van der Waals surface area contributed by atoms with Crippen molar-refractivity contribution in [1.82, 2.24) is 9.71 Å². The maximum atomic E-state index is 12.0. The molecule has 0 bridgehead atoms. The average Bonchev–Trinajstić information content (AvgIpc) is 3.12. The molecule has 0 spiro atoms. The third kappa shape index (κ3) is 2.93. The van der Waals surface area contributed by atoms with Crippen molar-refractivity contribution >= 4 is 15.8 Å². The highest BCUT2D eigenvalue weighted by Crippen LogP contribution is 2.33. The summed E-state index contributed by atoms with van der Waals surface area (Å²) in [5, 5.41) is 0. The molecule has 1 aromatic rings. The maximum absolute atomic E-state index is 12.0. The van der Waals surface area contributed by atoms with Crippen molar-refractivity contribution in [3.8, 4) is 0 Å². The van der Waals surface area contributed by atoms with E-state index in [9.17, 15) is 8.42 Å². The van der Waals surface area contributed by atoms with E-state index < -0.39 is 10.0 Å². The van der Waals surface area contributed by atoms with E-state index in [0.717, 1.165) is 12.8 Å². The number of sulfonamides is 1. The van der Waals surface area contributed by atoms with Crippen molar-refractivity contribution in [3.05, 3.63) is 18.3 Å². The molecule has 1 aromatic heterocycles. The van der Waals surface area contributed by atoms with Gasteiger partial charge in [0.25, 0.3) is 0 Å². The summed E-state index contributed by atoms with van der Waals surface area (Å²) in [5.74, 6) is 5.99. The smallest absolute Gasteiger partial charge is 0.241 e. The van der Waals surface area contributed by atoms with Crippen molar-refractivity contribution in [2.45, 2.75) is 30.7 Å². The minimum absolute atomic E-state index is 0.0255. The Morgan fingerprint density at radius 2 is 2.24 bits per heavy atom. The Morgan fingerprint density at radius 3 is 2.82 bits per heavy atom. The highest BCUT2D eigenvalue weighted by molar-refractivity contribution is 7.89. The molecule has 17 heavy (non-hydrogen) atoms. The van der Waals surface area contributed by atoms with Crippen LogP contribution in [0.2, 0.25) is 0 Å². The van der Waals surface area contributed by atoms with Crippen LogP contribution in [0.25, 0.3) is 0 Å². The van der Waals surface area contributed by atoms with E-state index in [4.69, 9.17) is 5.84 Å². The molecule has 1 unspecified atom stereocenters. The number of hydrogen-bond donors (Lipinski definition) is 3. The molecule has 0 radical (unpaired) electrons. The second-order valence-corrected chi connectivity index (χ2v) is 5.98. The lowest BCUT2D eigenvalue weighted by atomic mass is 10.2. The normalized spacial score (nSPS) is 17.8. The van der Waals surface area contributed by atoms with Crippen molar-refractivity contribution in [3.63, 3.8) is 0 Å².